The summed E-state index contributed by atoms with van der Waals surface area (Å²) in [5.41, 5.74) is 0. The van der Waals surface area contributed by atoms with E-state index >= 15 is 0 Å². The van der Waals surface area contributed by atoms with Gasteiger partial charge in [0.1, 0.15) is 0 Å². The minimum atomic E-state index is -1.10. The highest BCUT2D eigenvalue weighted by molar-refractivity contribution is 5.82. The first-order chi connectivity index (χ1) is 10.3. The van der Waals surface area contributed by atoms with Crippen LogP contribution in [0, 0.1) is 0 Å². The van der Waals surface area contributed by atoms with Crippen molar-refractivity contribution in [2.24, 2.45) is 0 Å². The predicted octanol–water partition coefficient (Wildman–Crippen LogP) is 1.00. The van der Waals surface area contributed by atoms with Crippen molar-refractivity contribution in [2.75, 3.05) is 0 Å². The highest BCUT2D eigenvalue weighted by Gasteiger charge is 2.17. The number of carbonyl (C=O) groups excluding carboxylic acids is 4. The van der Waals surface area contributed by atoms with Crippen LogP contribution in [0.3, 0.4) is 0 Å². The van der Waals surface area contributed by atoms with Crippen LogP contribution < -0.4 is 0 Å². The molecule has 0 aliphatic rings. The summed E-state index contributed by atoms with van der Waals surface area (Å²) in [6, 6.07) is 0. The van der Waals surface area contributed by atoms with E-state index in [1.807, 2.05) is 0 Å². The molecule has 0 aromatic rings. The fourth-order valence-electron chi connectivity index (χ4n) is 1.16. The van der Waals surface area contributed by atoms with Crippen LogP contribution in [0.15, 0.2) is 25.3 Å². The molecule has 0 bridgehead atoms. The molecule has 0 rings (SSSR count). The van der Waals surface area contributed by atoms with Gasteiger partial charge >= 0.3 is 23.9 Å². The van der Waals surface area contributed by atoms with Crippen molar-refractivity contribution < 1.29 is 38.1 Å². The minimum absolute atomic E-state index is 0.281. The predicted molar refractivity (Wildman–Crippen MR) is 72.9 cm³/mol. The zero-order valence-electron chi connectivity index (χ0n) is 12.4. The molecule has 22 heavy (non-hydrogen) atoms. The van der Waals surface area contributed by atoms with Gasteiger partial charge in [-0.1, -0.05) is 13.2 Å². The van der Waals surface area contributed by atoms with Gasteiger partial charge < -0.3 is 18.9 Å². The molecule has 0 amide bonds. The SMILES string of the molecule is C=CC(=O)OC(C)OC(=O)CCC(=O)OC(C)OC(=O)C=C. The van der Waals surface area contributed by atoms with Gasteiger partial charge in [-0.25, -0.2) is 9.59 Å². The van der Waals surface area contributed by atoms with Crippen molar-refractivity contribution in [3.05, 3.63) is 25.3 Å². The molecule has 2 atom stereocenters. The van der Waals surface area contributed by atoms with Crippen LogP contribution in [-0.4, -0.2) is 36.5 Å². The summed E-state index contributed by atoms with van der Waals surface area (Å²) < 4.78 is 18.7. The Labute approximate surface area is 127 Å². The van der Waals surface area contributed by atoms with E-state index in [0.29, 0.717) is 0 Å². The van der Waals surface area contributed by atoms with E-state index in [1.165, 1.54) is 13.8 Å². The molecule has 0 aliphatic heterocycles. The second-order valence-electron chi connectivity index (χ2n) is 3.90. The normalized spacial score (nSPS) is 12.3. The number of carbonyl (C=O) groups is 4. The Kier molecular flexibility index (Phi) is 8.92. The molecule has 0 saturated carbocycles. The number of hydrogen-bond acceptors (Lipinski definition) is 8. The smallest absolute Gasteiger partial charge is 0.333 e. The summed E-state index contributed by atoms with van der Waals surface area (Å²) in [5.74, 6) is -2.98. The monoisotopic (exact) mass is 314 g/mol. The van der Waals surface area contributed by atoms with Gasteiger partial charge in [0.25, 0.3) is 0 Å². The molecule has 0 aliphatic carbocycles. The molecule has 2 unspecified atom stereocenters. The third kappa shape index (κ3) is 9.29. The average molecular weight is 314 g/mol. The molecule has 122 valence electrons. The molecule has 0 fully saturated rings. The fraction of sp³-hybridized carbons (Fsp3) is 0.429. The van der Waals surface area contributed by atoms with Crippen molar-refractivity contribution in [2.45, 2.75) is 39.3 Å². The zero-order valence-corrected chi connectivity index (χ0v) is 12.4. The van der Waals surface area contributed by atoms with E-state index in [1.54, 1.807) is 0 Å². The van der Waals surface area contributed by atoms with Crippen LogP contribution >= 0.6 is 0 Å². The van der Waals surface area contributed by atoms with E-state index < -0.39 is 36.5 Å². The zero-order chi connectivity index (χ0) is 17.1. The first-order valence-electron chi connectivity index (χ1n) is 6.33. The summed E-state index contributed by atoms with van der Waals surface area (Å²) in [5, 5.41) is 0. The Balaban J connectivity index is 4.01. The summed E-state index contributed by atoms with van der Waals surface area (Å²) in [6.45, 7) is 9.06. The fourth-order valence-corrected chi connectivity index (χ4v) is 1.16. The minimum Gasteiger partial charge on any atom is -0.425 e. The van der Waals surface area contributed by atoms with E-state index in [-0.39, 0.29) is 12.8 Å². The van der Waals surface area contributed by atoms with E-state index in [4.69, 9.17) is 9.47 Å². The van der Waals surface area contributed by atoms with Crippen LogP contribution in [0.1, 0.15) is 26.7 Å². The van der Waals surface area contributed by atoms with Crippen LogP contribution in [0.25, 0.3) is 0 Å². The van der Waals surface area contributed by atoms with Crippen LogP contribution in [0.4, 0.5) is 0 Å². The molecular weight excluding hydrogens is 296 g/mol. The van der Waals surface area contributed by atoms with Crippen molar-refractivity contribution in [3.8, 4) is 0 Å². The number of rotatable bonds is 9. The molecule has 0 aromatic heterocycles. The maximum Gasteiger partial charge on any atom is 0.333 e. The van der Waals surface area contributed by atoms with Crippen molar-refractivity contribution >= 4 is 23.9 Å². The van der Waals surface area contributed by atoms with E-state index in [0.717, 1.165) is 12.2 Å². The van der Waals surface area contributed by atoms with Gasteiger partial charge in [-0.05, 0) is 0 Å². The Morgan fingerprint density at radius 1 is 0.773 bits per heavy atom. The molecule has 0 heterocycles. The van der Waals surface area contributed by atoms with Gasteiger partial charge in [0.2, 0.25) is 12.6 Å². The van der Waals surface area contributed by atoms with Gasteiger partial charge in [0.15, 0.2) is 0 Å². The molecule has 8 nitrogen and oxygen atoms in total. The van der Waals surface area contributed by atoms with Crippen LogP contribution in [0.5, 0.6) is 0 Å². The lowest BCUT2D eigenvalue weighted by molar-refractivity contribution is -0.187. The molecule has 0 radical (unpaired) electrons. The summed E-state index contributed by atoms with van der Waals surface area (Å²) >= 11 is 0. The second-order valence-corrected chi connectivity index (χ2v) is 3.90. The molecule has 0 N–H and O–H groups in total. The lowest BCUT2D eigenvalue weighted by Gasteiger charge is -2.14. The molecule has 0 aromatic carbocycles. The third-order valence-electron chi connectivity index (χ3n) is 2.03. The maximum atomic E-state index is 11.4. The van der Waals surface area contributed by atoms with Gasteiger partial charge in [0, 0.05) is 26.0 Å². The molecule has 0 spiro atoms. The lowest BCUT2D eigenvalue weighted by Crippen LogP contribution is -2.23. The standard InChI is InChI=1S/C14H18O8/c1-5-11(15)19-9(3)21-13(17)7-8-14(18)22-10(4)20-12(16)6-2/h5-6,9-10H,1-2,7-8H2,3-4H3. The van der Waals surface area contributed by atoms with Crippen molar-refractivity contribution in [1.29, 1.82) is 0 Å². The topological polar surface area (TPSA) is 105 Å². The highest BCUT2D eigenvalue weighted by atomic mass is 16.7. The molecule has 8 heteroatoms. The lowest BCUT2D eigenvalue weighted by atomic mass is 10.3. The largest absolute Gasteiger partial charge is 0.425 e. The van der Waals surface area contributed by atoms with Gasteiger partial charge in [-0.3, -0.25) is 9.59 Å². The molecular formula is C14H18O8. The molecule has 0 saturated heterocycles. The van der Waals surface area contributed by atoms with Gasteiger partial charge in [-0.2, -0.15) is 0 Å². The number of ether oxygens (including phenoxy) is 4. The van der Waals surface area contributed by atoms with Crippen molar-refractivity contribution in [1.82, 2.24) is 0 Å². The Morgan fingerprint density at radius 3 is 1.36 bits per heavy atom. The highest BCUT2D eigenvalue weighted by Crippen LogP contribution is 2.04. The second kappa shape index (κ2) is 10.1. The maximum absolute atomic E-state index is 11.4. The van der Waals surface area contributed by atoms with Crippen molar-refractivity contribution in [3.63, 3.8) is 0 Å². The van der Waals surface area contributed by atoms with Crippen LogP contribution in [-0.2, 0) is 38.1 Å². The van der Waals surface area contributed by atoms with E-state index in [9.17, 15) is 19.2 Å². The summed E-state index contributed by atoms with van der Waals surface area (Å²) in [4.78, 5) is 44.5. The first-order valence-corrected chi connectivity index (χ1v) is 6.33. The first kappa shape index (κ1) is 19.4. The summed E-state index contributed by atoms with van der Waals surface area (Å²) in [6.07, 6.45) is -0.905. The van der Waals surface area contributed by atoms with E-state index in [2.05, 4.69) is 22.6 Å². The van der Waals surface area contributed by atoms with Gasteiger partial charge in [0.05, 0.1) is 12.8 Å². The number of hydrogen-bond donors (Lipinski definition) is 0. The van der Waals surface area contributed by atoms with Crippen LogP contribution in [0.2, 0.25) is 0 Å². The summed E-state index contributed by atoms with van der Waals surface area (Å²) in [7, 11) is 0. The number of esters is 4. The average Bonchev–Trinajstić information content (AvgIpc) is 2.44. The Hall–Kier alpha value is -2.64. The van der Waals surface area contributed by atoms with Gasteiger partial charge in [-0.15, -0.1) is 0 Å². The Morgan fingerprint density at radius 2 is 1.09 bits per heavy atom. The quantitative estimate of drug-likeness (QED) is 0.352. The Bertz CT molecular complexity index is 412. The third-order valence-corrected chi connectivity index (χ3v) is 2.03.